The molecule has 0 atom stereocenters. The second-order valence-corrected chi connectivity index (χ2v) is 8.43. The zero-order chi connectivity index (χ0) is 19.4. The summed E-state index contributed by atoms with van der Waals surface area (Å²) in [7, 11) is -3.54. The SMILES string of the molecule is CS(=O)(=O)N(Cc1ccc(F)cc1)c1ccc(OCC(=O)NC2CC2)cc1. The van der Waals surface area contributed by atoms with E-state index in [4.69, 9.17) is 4.74 Å². The van der Waals surface area contributed by atoms with Gasteiger partial charge in [0.05, 0.1) is 18.5 Å². The van der Waals surface area contributed by atoms with Crippen molar-refractivity contribution in [3.05, 3.63) is 59.9 Å². The summed E-state index contributed by atoms with van der Waals surface area (Å²) in [6.45, 7) is 0.00429. The average molecular weight is 392 g/mol. The minimum absolute atomic E-state index is 0.0821. The summed E-state index contributed by atoms with van der Waals surface area (Å²) in [5.74, 6) is -0.0764. The van der Waals surface area contributed by atoms with Gasteiger partial charge in [0.2, 0.25) is 10.0 Å². The van der Waals surface area contributed by atoms with Crippen LogP contribution in [0.1, 0.15) is 18.4 Å². The van der Waals surface area contributed by atoms with Crippen LogP contribution in [0.4, 0.5) is 10.1 Å². The molecule has 1 saturated carbocycles. The van der Waals surface area contributed by atoms with Crippen LogP contribution < -0.4 is 14.4 Å². The van der Waals surface area contributed by atoms with E-state index in [2.05, 4.69) is 5.32 Å². The Kier molecular flexibility index (Phi) is 5.65. The van der Waals surface area contributed by atoms with Crippen molar-refractivity contribution in [3.63, 3.8) is 0 Å². The molecule has 0 saturated heterocycles. The van der Waals surface area contributed by atoms with E-state index >= 15 is 0 Å². The van der Waals surface area contributed by atoms with Crippen molar-refractivity contribution < 1.29 is 22.3 Å². The fraction of sp³-hybridized carbons (Fsp3) is 0.316. The van der Waals surface area contributed by atoms with E-state index in [1.54, 1.807) is 36.4 Å². The van der Waals surface area contributed by atoms with Gasteiger partial charge in [-0.1, -0.05) is 12.1 Å². The summed E-state index contributed by atoms with van der Waals surface area (Å²) in [6.07, 6.45) is 3.13. The summed E-state index contributed by atoms with van der Waals surface area (Å²) in [4.78, 5) is 11.7. The van der Waals surface area contributed by atoms with E-state index in [9.17, 15) is 17.6 Å². The number of nitrogens with one attached hydrogen (secondary N) is 1. The molecule has 0 aromatic heterocycles. The first kappa shape index (κ1) is 19.2. The predicted molar refractivity (Wildman–Crippen MR) is 101 cm³/mol. The molecule has 0 radical (unpaired) electrons. The maximum Gasteiger partial charge on any atom is 0.258 e. The third-order valence-electron chi connectivity index (χ3n) is 4.08. The molecule has 144 valence electrons. The first-order chi connectivity index (χ1) is 12.8. The Hall–Kier alpha value is -2.61. The van der Waals surface area contributed by atoms with Gasteiger partial charge in [0.25, 0.3) is 5.91 Å². The van der Waals surface area contributed by atoms with Crippen LogP contribution in [0.15, 0.2) is 48.5 Å². The molecule has 0 spiro atoms. The molecule has 6 nitrogen and oxygen atoms in total. The minimum atomic E-state index is -3.54. The van der Waals surface area contributed by atoms with Crippen LogP contribution in [0.3, 0.4) is 0 Å². The fourth-order valence-electron chi connectivity index (χ4n) is 2.51. The lowest BCUT2D eigenvalue weighted by Gasteiger charge is -2.22. The number of nitrogens with zero attached hydrogens (tertiary/aromatic N) is 1. The summed E-state index contributed by atoms with van der Waals surface area (Å²) >= 11 is 0. The molecule has 0 aliphatic heterocycles. The molecule has 1 amide bonds. The number of halogens is 1. The molecule has 8 heteroatoms. The van der Waals surface area contributed by atoms with Crippen molar-refractivity contribution in [2.24, 2.45) is 0 Å². The maximum absolute atomic E-state index is 13.1. The zero-order valence-electron chi connectivity index (χ0n) is 14.9. The highest BCUT2D eigenvalue weighted by molar-refractivity contribution is 7.92. The molecule has 1 aliphatic carbocycles. The van der Waals surface area contributed by atoms with Gasteiger partial charge in [-0.15, -0.1) is 0 Å². The van der Waals surface area contributed by atoms with Crippen molar-refractivity contribution >= 4 is 21.6 Å². The number of rotatable bonds is 8. The molecule has 0 unspecified atom stereocenters. The van der Waals surface area contributed by atoms with Gasteiger partial charge in [-0.25, -0.2) is 12.8 Å². The van der Waals surface area contributed by atoms with E-state index in [-0.39, 0.29) is 30.9 Å². The van der Waals surface area contributed by atoms with Gasteiger partial charge in [0, 0.05) is 6.04 Å². The van der Waals surface area contributed by atoms with Gasteiger partial charge in [0.15, 0.2) is 6.61 Å². The van der Waals surface area contributed by atoms with Gasteiger partial charge in [-0.3, -0.25) is 9.10 Å². The fourth-order valence-corrected chi connectivity index (χ4v) is 3.40. The van der Waals surface area contributed by atoms with E-state index in [0.29, 0.717) is 17.0 Å². The molecule has 1 aliphatic rings. The third-order valence-corrected chi connectivity index (χ3v) is 5.22. The molecule has 2 aromatic rings. The smallest absolute Gasteiger partial charge is 0.258 e. The molecule has 0 bridgehead atoms. The largest absolute Gasteiger partial charge is 0.484 e. The lowest BCUT2D eigenvalue weighted by molar-refractivity contribution is -0.123. The summed E-state index contributed by atoms with van der Waals surface area (Å²) in [6, 6.07) is 12.4. The van der Waals surface area contributed by atoms with Gasteiger partial charge >= 0.3 is 0 Å². The zero-order valence-corrected chi connectivity index (χ0v) is 15.7. The number of ether oxygens (including phenoxy) is 1. The Morgan fingerprint density at radius 2 is 1.78 bits per heavy atom. The van der Waals surface area contributed by atoms with Crippen molar-refractivity contribution in [3.8, 4) is 5.75 Å². The first-order valence-corrected chi connectivity index (χ1v) is 10.4. The first-order valence-electron chi connectivity index (χ1n) is 8.55. The Morgan fingerprint density at radius 1 is 1.15 bits per heavy atom. The van der Waals surface area contributed by atoms with Gasteiger partial charge < -0.3 is 10.1 Å². The van der Waals surface area contributed by atoms with E-state index in [1.807, 2.05) is 0 Å². The van der Waals surface area contributed by atoms with Crippen LogP contribution in [0.2, 0.25) is 0 Å². The van der Waals surface area contributed by atoms with Crippen molar-refractivity contribution in [1.29, 1.82) is 0 Å². The number of carbonyl (C=O) groups is 1. The van der Waals surface area contributed by atoms with Crippen LogP contribution in [-0.2, 0) is 21.4 Å². The maximum atomic E-state index is 13.1. The number of anilines is 1. The minimum Gasteiger partial charge on any atom is -0.484 e. The molecule has 1 N–H and O–H groups in total. The van der Waals surface area contributed by atoms with Crippen molar-refractivity contribution in [1.82, 2.24) is 5.32 Å². The van der Waals surface area contributed by atoms with Gasteiger partial charge in [-0.05, 0) is 54.8 Å². The molecule has 27 heavy (non-hydrogen) atoms. The number of sulfonamides is 1. The third kappa shape index (κ3) is 5.68. The number of hydrogen-bond donors (Lipinski definition) is 1. The highest BCUT2D eigenvalue weighted by atomic mass is 32.2. The molecule has 3 rings (SSSR count). The van der Waals surface area contributed by atoms with Crippen LogP contribution in [0.25, 0.3) is 0 Å². The van der Waals surface area contributed by atoms with Crippen LogP contribution in [-0.4, -0.2) is 33.2 Å². The second-order valence-electron chi connectivity index (χ2n) is 6.52. The molecule has 0 heterocycles. The van der Waals surface area contributed by atoms with Gasteiger partial charge in [0.1, 0.15) is 11.6 Å². The lowest BCUT2D eigenvalue weighted by Crippen LogP contribution is -2.30. The van der Waals surface area contributed by atoms with Crippen LogP contribution in [0.5, 0.6) is 5.75 Å². The molecular weight excluding hydrogens is 371 g/mol. The Balaban J connectivity index is 1.67. The predicted octanol–water partition coefficient (Wildman–Crippen LogP) is 2.45. The number of hydrogen-bond acceptors (Lipinski definition) is 4. The van der Waals surface area contributed by atoms with Crippen molar-refractivity contribution in [2.45, 2.75) is 25.4 Å². The monoisotopic (exact) mass is 392 g/mol. The quantitative estimate of drug-likeness (QED) is 0.749. The summed E-state index contributed by atoms with van der Waals surface area (Å²) in [5.41, 5.74) is 1.12. The average Bonchev–Trinajstić information content (AvgIpc) is 3.43. The molecule has 1 fully saturated rings. The van der Waals surface area contributed by atoms with E-state index in [0.717, 1.165) is 19.1 Å². The van der Waals surface area contributed by atoms with E-state index in [1.165, 1.54) is 16.4 Å². The normalized spacial score (nSPS) is 13.9. The number of amides is 1. The Bertz CT molecular complexity index is 894. The highest BCUT2D eigenvalue weighted by Gasteiger charge is 2.23. The lowest BCUT2D eigenvalue weighted by atomic mass is 10.2. The number of benzene rings is 2. The van der Waals surface area contributed by atoms with Crippen molar-refractivity contribution in [2.75, 3.05) is 17.2 Å². The Morgan fingerprint density at radius 3 is 2.33 bits per heavy atom. The summed E-state index contributed by atoms with van der Waals surface area (Å²) < 4.78 is 44.1. The van der Waals surface area contributed by atoms with Gasteiger partial charge in [-0.2, -0.15) is 0 Å². The summed E-state index contributed by atoms with van der Waals surface area (Å²) in [5, 5.41) is 2.83. The van der Waals surface area contributed by atoms with Crippen LogP contribution >= 0.6 is 0 Å². The molecule has 2 aromatic carbocycles. The van der Waals surface area contributed by atoms with E-state index < -0.39 is 10.0 Å². The molecular formula is C19H21FN2O4S. The highest BCUT2D eigenvalue weighted by Crippen LogP contribution is 2.24. The Labute approximate surface area is 158 Å². The number of carbonyl (C=O) groups excluding carboxylic acids is 1. The standard InChI is InChI=1S/C19H21FN2O4S/c1-27(24,25)22(12-14-2-4-15(20)5-3-14)17-8-10-18(11-9-17)26-13-19(23)21-16-6-7-16/h2-5,8-11,16H,6-7,12-13H2,1H3,(H,21,23). The topological polar surface area (TPSA) is 75.7 Å². The second kappa shape index (κ2) is 7.96. The van der Waals surface area contributed by atoms with Crippen LogP contribution in [0, 0.1) is 5.82 Å².